The Hall–Kier alpha value is -4.39. The van der Waals surface area contributed by atoms with Gasteiger partial charge in [-0.3, -0.25) is 4.79 Å². The average Bonchev–Trinajstić information content (AvgIpc) is 3.54. The van der Waals surface area contributed by atoms with Crippen LogP contribution in [0.1, 0.15) is 22.5 Å². The minimum Gasteiger partial charge on any atom is -0.497 e. The van der Waals surface area contributed by atoms with Crippen molar-refractivity contribution < 1.29 is 14.3 Å². The fourth-order valence-corrected chi connectivity index (χ4v) is 6.67. The molecule has 0 radical (unpaired) electrons. The molecule has 2 heterocycles. The van der Waals surface area contributed by atoms with Gasteiger partial charge in [0.2, 0.25) is 0 Å². The summed E-state index contributed by atoms with van der Waals surface area (Å²) in [7, 11) is 3.36. The largest absolute Gasteiger partial charge is 0.497 e. The smallest absolute Gasteiger partial charge is 0.261 e. The fourth-order valence-electron chi connectivity index (χ4n) is 5.57. The Kier molecular flexibility index (Phi) is 8.87. The van der Waals surface area contributed by atoms with Crippen molar-refractivity contribution in [3.63, 3.8) is 0 Å². The fraction of sp³-hybridized carbons (Fsp3) is 0.216. The molecular formula is C37H36N2O3S. The number of benzene rings is 4. The zero-order valence-corrected chi connectivity index (χ0v) is 25.4. The molecule has 0 spiro atoms. The van der Waals surface area contributed by atoms with E-state index in [1.807, 2.05) is 24.3 Å². The minimum atomic E-state index is 0.000684. The summed E-state index contributed by atoms with van der Waals surface area (Å²) in [6.07, 6.45) is 2.20. The highest BCUT2D eigenvalue weighted by molar-refractivity contribution is 7.18. The van der Waals surface area contributed by atoms with Gasteiger partial charge >= 0.3 is 0 Å². The third-order valence-corrected chi connectivity index (χ3v) is 9.34. The van der Waals surface area contributed by atoms with Gasteiger partial charge in [0.15, 0.2) is 0 Å². The molecule has 5 aromatic rings. The van der Waals surface area contributed by atoms with E-state index in [4.69, 9.17) is 9.47 Å². The molecule has 0 saturated carbocycles. The van der Waals surface area contributed by atoms with E-state index in [0.717, 1.165) is 92.7 Å². The van der Waals surface area contributed by atoms with Gasteiger partial charge in [0.25, 0.3) is 5.91 Å². The third-order valence-electron chi connectivity index (χ3n) is 8.16. The minimum absolute atomic E-state index is 0.000684. The molecule has 1 aliphatic heterocycles. The van der Waals surface area contributed by atoms with Crippen LogP contribution in [-0.4, -0.2) is 39.8 Å². The monoisotopic (exact) mass is 588 g/mol. The number of carbonyl (C=O) groups is 1. The summed E-state index contributed by atoms with van der Waals surface area (Å²) in [6.45, 7) is 2.76. The summed E-state index contributed by atoms with van der Waals surface area (Å²) in [4.78, 5) is 15.2. The van der Waals surface area contributed by atoms with E-state index in [0.29, 0.717) is 5.92 Å². The van der Waals surface area contributed by atoms with Crippen LogP contribution in [0.4, 0.5) is 0 Å². The first-order valence-corrected chi connectivity index (χ1v) is 15.6. The van der Waals surface area contributed by atoms with Gasteiger partial charge in [0.1, 0.15) is 11.5 Å². The highest BCUT2D eigenvalue weighted by Crippen LogP contribution is 2.41. The van der Waals surface area contributed by atoms with Gasteiger partial charge < -0.3 is 20.1 Å². The van der Waals surface area contributed by atoms with Crippen LogP contribution >= 0.6 is 11.3 Å². The van der Waals surface area contributed by atoms with Crippen LogP contribution in [0.3, 0.4) is 0 Å². The maximum Gasteiger partial charge on any atom is 0.261 e. The van der Waals surface area contributed by atoms with Crippen molar-refractivity contribution in [1.82, 2.24) is 10.6 Å². The molecule has 5 nitrogen and oxygen atoms in total. The summed E-state index contributed by atoms with van der Waals surface area (Å²) in [5.74, 6) is 2.21. The molecule has 2 N–H and O–H groups in total. The summed E-state index contributed by atoms with van der Waals surface area (Å²) in [5.41, 5.74) is 7.76. The molecule has 0 aliphatic carbocycles. The highest BCUT2D eigenvalue weighted by atomic mass is 32.1. The molecule has 6 rings (SSSR count). The van der Waals surface area contributed by atoms with Crippen LogP contribution in [-0.2, 0) is 0 Å². The third kappa shape index (κ3) is 6.66. The van der Waals surface area contributed by atoms with Crippen LogP contribution < -0.4 is 20.1 Å². The van der Waals surface area contributed by atoms with Crippen molar-refractivity contribution in [3.05, 3.63) is 108 Å². The quantitative estimate of drug-likeness (QED) is 0.182. The number of hydrogen-bond acceptors (Lipinski definition) is 5. The Morgan fingerprint density at radius 1 is 0.698 bits per heavy atom. The van der Waals surface area contributed by atoms with E-state index in [1.54, 1.807) is 25.6 Å². The van der Waals surface area contributed by atoms with Crippen LogP contribution in [0.5, 0.6) is 11.5 Å². The second-order valence-electron chi connectivity index (χ2n) is 10.9. The van der Waals surface area contributed by atoms with Gasteiger partial charge in [-0.15, -0.1) is 11.3 Å². The highest BCUT2D eigenvalue weighted by Gasteiger charge is 2.20. The van der Waals surface area contributed by atoms with Crippen LogP contribution in [0.15, 0.2) is 103 Å². The van der Waals surface area contributed by atoms with E-state index in [2.05, 4.69) is 89.5 Å². The normalized spacial score (nSPS) is 13.4. The van der Waals surface area contributed by atoms with Crippen molar-refractivity contribution in [2.75, 3.05) is 33.9 Å². The lowest BCUT2D eigenvalue weighted by atomic mass is 9.97. The number of hydrogen-bond donors (Lipinski definition) is 2. The number of amides is 1. The average molecular weight is 589 g/mol. The molecular weight excluding hydrogens is 552 g/mol. The SMILES string of the molecule is COc1ccc(-c2ccc(-c3cc(C(=O)NCC4CCNCC4)sc3-c3ccc(-c4ccc(OC)cc4)cc3)cc2)cc1. The van der Waals surface area contributed by atoms with Crippen LogP contribution in [0, 0.1) is 5.92 Å². The zero-order chi connectivity index (χ0) is 29.6. The number of rotatable bonds is 9. The number of thiophene rings is 1. The molecule has 1 aliphatic rings. The van der Waals surface area contributed by atoms with E-state index < -0.39 is 0 Å². The van der Waals surface area contributed by atoms with E-state index in [1.165, 1.54) is 0 Å². The zero-order valence-electron chi connectivity index (χ0n) is 24.6. The summed E-state index contributed by atoms with van der Waals surface area (Å²) >= 11 is 1.56. The first kappa shape index (κ1) is 28.7. The van der Waals surface area contributed by atoms with Crippen molar-refractivity contribution in [2.24, 2.45) is 5.92 Å². The number of carbonyl (C=O) groups excluding carboxylic acids is 1. The Bertz CT molecular complexity index is 1540. The van der Waals surface area contributed by atoms with Crippen molar-refractivity contribution in [3.8, 4) is 55.3 Å². The van der Waals surface area contributed by atoms with Crippen LogP contribution in [0.25, 0.3) is 43.8 Å². The second-order valence-corrected chi connectivity index (χ2v) is 11.9. The number of ether oxygens (including phenoxy) is 2. The molecule has 1 aromatic heterocycles. The first-order valence-electron chi connectivity index (χ1n) is 14.7. The molecule has 1 fully saturated rings. The van der Waals surface area contributed by atoms with Crippen molar-refractivity contribution in [2.45, 2.75) is 12.8 Å². The second kappa shape index (κ2) is 13.3. The van der Waals surface area contributed by atoms with Gasteiger partial charge in [-0.1, -0.05) is 72.8 Å². The number of nitrogens with one attached hydrogen (secondary N) is 2. The maximum atomic E-state index is 13.4. The molecule has 6 heteroatoms. The molecule has 1 saturated heterocycles. The van der Waals surface area contributed by atoms with Gasteiger partial charge in [-0.25, -0.2) is 0 Å². The van der Waals surface area contributed by atoms with Gasteiger partial charge in [0, 0.05) is 17.0 Å². The van der Waals surface area contributed by atoms with E-state index in [9.17, 15) is 4.79 Å². The van der Waals surface area contributed by atoms with Crippen molar-refractivity contribution >= 4 is 17.2 Å². The molecule has 43 heavy (non-hydrogen) atoms. The lowest BCUT2D eigenvalue weighted by Gasteiger charge is -2.22. The van der Waals surface area contributed by atoms with E-state index in [-0.39, 0.29) is 5.91 Å². The Morgan fingerprint density at radius 2 is 1.14 bits per heavy atom. The lowest BCUT2D eigenvalue weighted by Crippen LogP contribution is -2.35. The Morgan fingerprint density at radius 3 is 1.63 bits per heavy atom. The van der Waals surface area contributed by atoms with Crippen LogP contribution in [0.2, 0.25) is 0 Å². The first-order chi connectivity index (χ1) is 21.1. The standard InChI is InChI=1S/C37H36N2O3S/c1-41-32-15-11-28(12-16-32)26-3-7-30(8-4-26)34-23-35(37(40)39-24-25-19-21-38-22-20-25)43-36(34)31-9-5-27(6-10-31)29-13-17-33(42-2)18-14-29/h3-18,23,25,38H,19-22,24H2,1-2H3,(H,39,40). The predicted octanol–water partition coefficient (Wildman–Crippen LogP) is 8.16. The lowest BCUT2D eigenvalue weighted by molar-refractivity contribution is 0.0948. The molecule has 0 atom stereocenters. The van der Waals surface area contributed by atoms with Crippen molar-refractivity contribution in [1.29, 1.82) is 0 Å². The van der Waals surface area contributed by atoms with Gasteiger partial charge in [0.05, 0.1) is 19.1 Å². The summed E-state index contributed by atoms with van der Waals surface area (Å²) < 4.78 is 10.6. The molecule has 0 unspecified atom stereocenters. The Balaban J connectivity index is 1.30. The predicted molar refractivity (Wildman–Crippen MR) is 177 cm³/mol. The summed E-state index contributed by atoms with van der Waals surface area (Å²) in [5, 5.41) is 6.61. The number of piperidine rings is 1. The van der Waals surface area contributed by atoms with E-state index >= 15 is 0 Å². The number of methoxy groups -OCH3 is 2. The maximum absolute atomic E-state index is 13.4. The molecule has 0 bridgehead atoms. The molecule has 4 aromatic carbocycles. The Labute approximate surface area is 257 Å². The molecule has 218 valence electrons. The topological polar surface area (TPSA) is 59.6 Å². The molecule has 1 amide bonds. The van der Waals surface area contributed by atoms with Gasteiger partial charge in [-0.2, -0.15) is 0 Å². The summed E-state index contributed by atoms with van der Waals surface area (Å²) in [6, 6.07) is 35.4. The van der Waals surface area contributed by atoms with Gasteiger partial charge in [-0.05, 0) is 95.6 Å².